The molecule has 1 aromatic heterocycles. The summed E-state index contributed by atoms with van der Waals surface area (Å²) in [5.41, 5.74) is 9.02. The van der Waals surface area contributed by atoms with Crippen LogP contribution >= 0.6 is 0 Å². The zero-order valence-electron chi connectivity index (χ0n) is 12.0. The first kappa shape index (κ1) is 12.2. The molecule has 2 N–H and O–H groups in total. The number of aryl methyl sites for hydroxylation is 1. The van der Waals surface area contributed by atoms with Gasteiger partial charge in [-0.3, -0.25) is 0 Å². The molecule has 1 unspecified atom stereocenters. The zero-order chi connectivity index (χ0) is 13.7. The number of hydrogen-bond acceptors (Lipinski definition) is 3. The summed E-state index contributed by atoms with van der Waals surface area (Å²) >= 11 is 0. The largest absolute Gasteiger partial charge is 0.399 e. The molecule has 2 aromatic rings. The maximum Gasteiger partial charge on any atom is 0.109 e. The molecule has 4 heteroatoms. The fourth-order valence-electron chi connectivity index (χ4n) is 4.01. The molecule has 3 fully saturated rings. The van der Waals surface area contributed by atoms with E-state index in [1.165, 1.54) is 43.8 Å². The number of nitrogen functional groups attached to an aromatic ring is 1. The van der Waals surface area contributed by atoms with Gasteiger partial charge in [0.05, 0.1) is 17.1 Å². The molecule has 3 saturated heterocycles. The van der Waals surface area contributed by atoms with Crippen LogP contribution in [-0.2, 0) is 6.42 Å². The van der Waals surface area contributed by atoms with Gasteiger partial charge in [0, 0.05) is 18.7 Å². The lowest BCUT2D eigenvalue weighted by Gasteiger charge is -2.45. The SMILES string of the molecule is CCc1nc2cc(N)ccc2n1C1CN2CCC1CC2. The number of piperidine rings is 3. The molecule has 0 amide bonds. The van der Waals surface area contributed by atoms with Gasteiger partial charge in [-0.2, -0.15) is 0 Å². The predicted molar refractivity (Wildman–Crippen MR) is 81.7 cm³/mol. The van der Waals surface area contributed by atoms with Crippen molar-refractivity contribution in [1.82, 2.24) is 14.5 Å². The molecule has 3 aliphatic heterocycles. The first-order valence-corrected chi connectivity index (χ1v) is 7.75. The van der Waals surface area contributed by atoms with E-state index in [9.17, 15) is 0 Å². The van der Waals surface area contributed by atoms with E-state index in [0.29, 0.717) is 6.04 Å². The van der Waals surface area contributed by atoms with Crippen LogP contribution in [0.3, 0.4) is 0 Å². The highest BCUT2D eigenvalue weighted by Gasteiger charge is 2.36. The molecule has 5 rings (SSSR count). The first-order valence-electron chi connectivity index (χ1n) is 7.75. The lowest BCUT2D eigenvalue weighted by molar-refractivity contribution is 0.0576. The van der Waals surface area contributed by atoms with Crippen LogP contribution in [0.25, 0.3) is 11.0 Å². The topological polar surface area (TPSA) is 47.1 Å². The summed E-state index contributed by atoms with van der Waals surface area (Å²) in [6.07, 6.45) is 3.66. The van der Waals surface area contributed by atoms with Crippen molar-refractivity contribution in [3.63, 3.8) is 0 Å². The summed E-state index contributed by atoms with van der Waals surface area (Å²) in [6, 6.07) is 6.75. The van der Waals surface area contributed by atoms with Crippen molar-refractivity contribution in [2.75, 3.05) is 25.4 Å². The average Bonchev–Trinajstić information content (AvgIpc) is 2.85. The third-order valence-corrected chi connectivity index (χ3v) is 5.06. The van der Waals surface area contributed by atoms with Crippen LogP contribution in [0.1, 0.15) is 31.6 Å². The summed E-state index contributed by atoms with van der Waals surface area (Å²) in [5, 5.41) is 0. The Kier molecular flexibility index (Phi) is 2.74. The standard InChI is InChI=1S/C16H22N4/c1-2-16-18-13-9-12(17)3-4-14(13)20(16)15-10-19-7-5-11(15)6-8-19/h3-4,9,11,15H,2,5-8,10,17H2,1H3. The van der Waals surface area contributed by atoms with Crippen LogP contribution in [0, 0.1) is 5.92 Å². The normalized spacial score (nSPS) is 29.1. The Labute approximate surface area is 119 Å². The second-order valence-corrected chi connectivity index (χ2v) is 6.21. The highest BCUT2D eigenvalue weighted by Crippen LogP contribution is 2.38. The summed E-state index contributed by atoms with van der Waals surface area (Å²) in [7, 11) is 0. The molecule has 0 spiro atoms. The maximum absolute atomic E-state index is 5.91. The van der Waals surface area contributed by atoms with Gasteiger partial charge in [0.15, 0.2) is 0 Å². The smallest absolute Gasteiger partial charge is 0.109 e. The van der Waals surface area contributed by atoms with Crippen molar-refractivity contribution in [3.05, 3.63) is 24.0 Å². The quantitative estimate of drug-likeness (QED) is 0.853. The number of imidazole rings is 1. The molecule has 0 aliphatic carbocycles. The monoisotopic (exact) mass is 270 g/mol. The van der Waals surface area contributed by atoms with E-state index in [0.717, 1.165) is 23.5 Å². The molecular weight excluding hydrogens is 248 g/mol. The number of aromatic nitrogens is 2. The van der Waals surface area contributed by atoms with Gasteiger partial charge in [0.1, 0.15) is 5.82 Å². The lowest BCUT2D eigenvalue weighted by Crippen LogP contribution is -2.48. The van der Waals surface area contributed by atoms with Crippen LogP contribution in [0.2, 0.25) is 0 Å². The van der Waals surface area contributed by atoms with Gasteiger partial charge in [-0.1, -0.05) is 6.92 Å². The van der Waals surface area contributed by atoms with Crippen molar-refractivity contribution in [3.8, 4) is 0 Å². The van der Waals surface area contributed by atoms with E-state index >= 15 is 0 Å². The van der Waals surface area contributed by atoms with Gasteiger partial charge in [-0.25, -0.2) is 4.98 Å². The van der Waals surface area contributed by atoms with Gasteiger partial charge >= 0.3 is 0 Å². The summed E-state index contributed by atoms with van der Waals surface area (Å²) < 4.78 is 2.50. The van der Waals surface area contributed by atoms with E-state index in [2.05, 4.69) is 22.5 Å². The number of nitrogens with zero attached hydrogens (tertiary/aromatic N) is 3. The molecule has 106 valence electrons. The van der Waals surface area contributed by atoms with E-state index in [1.54, 1.807) is 0 Å². The third kappa shape index (κ3) is 1.74. The molecule has 1 atom stereocenters. The average molecular weight is 270 g/mol. The third-order valence-electron chi connectivity index (χ3n) is 5.06. The van der Waals surface area contributed by atoms with Crippen LogP contribution in [0.5, 0.6) is 0 Å². The van der Waals surface area contributed by atoms with Crippen LogP contribution in [0.4, 0.5) is 5.69 Å². The maximum atomic E-state index is 5.91. The summed E-state index contributed by atoms with van der Waals surface area (Å²) in [5.74, 6) is 2.03. The Morgan fingerprint density at radius 2 is 2.10 bits per heavy atom. The van der Waals surface area contributed by atoms with E-state index in [1.807, 2.05) is 12.1 Å². The molecule has 0 saturated carbocycles. The summed E-state index contributed by atoms with van der Waals surface area (Å²) in [4.78, 5) is 7.42. The molecule has 0 radical (unpaired) electrons. The lowest BCUT2D eigenvalue weighted by atomic mass is 9.83. The Morgan fingerprint density at radius 3 is 2.75 bits per heavy atom. The molecule has 4 heterocycles. The van der Waals surface area contributed by atoms with Crippen molar-refractivity contribution < 1.29 is 0 Å². The second-order valence-electron chi connectivity index (χ2n) is 6.21. The Bertz CT molecular complexity index is 637. The molecular formula is C16H22N4. The Morgan fingerprint density at radius 1 is 1.30 bits per heavy atom. The minimum absolute atomic E-state index is 0.598. The fourth-order valence-corrected chi connectivity index (χ4v) is 4.01. The predicted octanol–water partition coefficient (Wildman–Crippen LogP) is 2.45. The van der Waals surface area contributed by atoms with Gasteiger partial charge in [-0.15, -0.1) is 0 Å². The van der Waals surface area contributed by atoms with Gasteiger partial charge < -0.3 is 15.2 Å². The number of rotatable bonds is 2. The van der Waals surface area contributed by atoms with E-state index < -0.39 is 0 Å². The molecule has 4 nitrogen and oxygen atoms in total. The summed E-state index contributed by atoms with van der Waals surface area (Å²) in [6.45, 7) is 5.94. The first-order chi connectivity index (χ1) is 9.76. The minimum atomic E-state index is 0.598. The van der Waals surface area contributed by atoms with Crippen LogP contribution < -0.4 is 5.73 Å². The van der Waals surface area contributed by atoms with Crippen LogP contribution in [-0.4, -0.2) is 34.1 Å². The van der Waals surface area contributed by atoms with E-state index in [-0.39, 0.29) is 0 Å². The van der Waals surface area contributed by atoms with Crippen LogP contribution in [0.15, 0.2) is 18.2 Å². The number of hydrogen-bond donors (Lipinski definition) is 1. The number of anilines is 1. The van der Waals surface area contributed by atoms with Crippen molar-refractivity contribution >= 4 is 16.7 Å². The van der Waals surface area contributed by atoms with Crippen molar-refractivity contribution in [1.29, 1.82) is 0 Å². The fraction of sp³-hybridized carbons (Fsp3) is 0.562. The molecule has 3 aliphatic rings. The molecule has 20 heavy (non-hydrogen) atoms. The van der Waals surface area contributed by atoms with Gasteiger partial charge in [-0.05, 0) is 50.0 Å². The molecule has 2 bridgehead atoms. The minimum Gasteiger partial charge on any atom is -0.399 e. The number of fused-ring (bicyclic) bond motifs is 4. The Hall–Kier alpha value is -1.55. The number of nitrogens with two attached hydrogens (primary N) is 1. The van der Waals surface area contributed by atoms with Crippen molar-refractivity contribution in [2.45, 2.75) is 32.2 Å². The van der Waals surface area contributed by atoms with Gasteiger partial charge in [0.2, 0.25) is 0 Å². The van der Waals surface area contributed by atoms with Crippen molar-refractivity contribution in [2.24, 2.45) is 5.92 Å². The zero-order valence-corrected chi connectivity index (χ0v) is 12.0. The second kappa shape index (κ2) is 4.48. The highest BCUT2D eigenvalue weighted by atomic mass is 15.2. The number of benzene rings is 1. The Balaban J connectivity index is 1.85. The highest BCUT2D eigenvalue weighted by molar-refractivity contribution is 5.79. The van der Waals surface area contributed by atoms with E-state index in [4.69, 9.17) is 10.7 Å². The molecule has 1 aromatic carbocycles. The van der Waals surface area contributed by atoms with Gasteiger partial charge in [0.25, 0.3) is 0 Å².